The Kier molecular flexibility index (Phi) is 6.44. The fraction of sp³-hybridized carbons (Fsp3) is 0.409. The minimum Gasteiger partial charge on any atom is -0.457 e. The van der Waals surface area contributed by atoms with Crippen molar-refractivity contribution in [2.45, 2.75) is 53.6 Å². The Bertz CT molecular complexity index is 875. The normalized spacial score (nSPS) is 11.2. The number of rotatable bonds is 6. The molecule has 2 aromatic carbocycles. The Morgan fingerprint density at radius 3 is 2.25 bits per heavy atom. The molecule has 0 saturated carbocycles. The lowest BCUT2D eigenvalue weighted by Gasteiger charge is -2.22. The van der Waals surface area contributed by atoms with E-state index in [2.05, 4.69) is 38.2 Å². The predicted molar refractivity (Wildman–Crippen MR) is 111 cm³/mol. The van der Waals surface area contributed by atoms with Crippen LogP contribution in [-0.4, -0.2) is 17.4 Å². The zero-order valence-electron chi connectivity index (χ0n) is 17.4. The Hall–Kier alpha value is -2.89. The number of benzene rings is 2. The highest BCUT2D eigenvalue weighted by Crippen LogP contribution is 2.28. The molecular weight excluding hydrogens is 356 g/mol. The first-order valence-electron chi connectivity index (χ1n) is 9.34. The van der Waals surface area contributed by atoms with Gasteiger partial charge in [0.1, 0.15) is 12.3 Å². The molecule has 0 atom stereocenters. The van der Waals surface area contributed by atoms with Crippen LogP contribution >= 0.6 is 0 Å². The van der Waals surface area contributed by atoms with Gasteiger partial charge in [-0.25, -0.2) is 4.79 Å². The molecule has 0 bridgehead atoms. The van der Waals surface area contributed by atoms with E-state index in [9.17, 15) is 14.9 Å². The topological polar surface area (TPSA) is 81.5 Å². The molecule has 0 aliphatic carbocycles. The van der Waals surface area contributed by atoms with Crippen LogP contribution in [0.4, 0.5) is 11.4 Å². The highest BCUT2D eigenvalue weighted by Gasteiger charge is 2.20. The highest BCUT2D eigenvalue weighted by atomic mass is 16.6. The zero-order chi connectivity index (χ0) is 21.1. The maximum atomic E-state index is 12.4. The van der Waals surface area contributed by atoms with E-state index in [4.69, 9.17) is 4.74 Å². The van der Waals surface area contributed by atoms with Crippen molar-refractivity contribution in [3.8, 4) is 0 Å². The van der Waals surface area contributed by atoms with Gasteiger partial charge in [0.05, 0.1) is 10.5 Å². The summed E-state index contributed by atoms with van der Waals surface area (Å²) in [6.45, 7) is 13.0. The minimum absolute atomic E-state index is 0.0396. The summed E-state index contributed by atoms with van der Waals surface area (Å²) in [4.78, 5) is 23.2. The zero-order valence-corrected chi connectivity index (χ0v) is 17.4. The van der Waals surface area contributed by atoms with Crippen LogP contribution in [0.1, 0.15) is 60.3 Å². The molecule has 0 aliphatic heterocycles. The van der Waals surface area contributed by atoms with Crippen LogP contribution in [0.5, 0.6) is 0 Å². The second-order valence-electron chi connectivity index (χ2n) is 7.93. The third kappa shape index (κ3) is 4.88. The van der Waals surface area contributed by atoms with Crippen molar-refractivity contribution in [2.24, 2.45) is 0 Å². The molecule has 0 unspecified atom stereocenters. The van der Waals surface area contributed by atoms with Gasteiger partial charge < -0.3 is 10.1 Å². The van der Waals surface area contributed by atoms with Crippen LogP contribution in [0.25, 0.3) is 0 Å². The SMILES string of the molecule is CCNc1ccc(C(=O)OCc2c(C)cc(C(C)(C)C)cc2C)cc1[N+](=O)[O-]. The summed E-state index contributed by atoms with van der Waals surface area (Å²) < 4.78 is 5.45. The van der Waals surface area contributed by atoms with Crippen molar-refractivity contribution in [3.63, 3.8) is 0 Å². The van der Waals surface area contributed by atoms with Crippen molar-refractivity contribution >= 4 is 17.3 Å². The van der Waals surface area contributed by atoms with Crippen molar-refractivity contribution in [1.82, 2.24) is 0 Å². The van der Waals surface area contributed by atoms with Crippen LogP contribution in [-0.2, 0) is 16.8 Å². The van der Waals surface area contributed by atoms with Gasteiger partial charge in [0.2, 0.25) is 0 Å². The summed E-state index contributed by atoms with van der Waals surface area (Å²) in [5.74, 6) is -0.579. The molecule has 0 saturated heterocycles. The summed E-state index contributed by atoms with van der Waals surface area (Å²) >= 11 is 0. The molecule has 2 aromatic rings. The van der Waals surface area contributed by atoms with Crippen molar-refractivity contribution in [1.29, 1.82) is 0 Å². The van der Waals surface area contributed by atoms with Crippen LogP contribution in [0.15, 0.2) is 30.3 Å². The molecule has 150 valence electrons. The van der Waals surface area contributed by atoms with Crippen molar-refractivity contribution < 1.29 is 14.5 Å². The summed E-state index contributed by atoms with van der Waals surface area (Å²) in [5, 5.41) is 14.2. The number of carbonyl (C=O) groups excluding carboxylic acids is 1. The average Bonchev–Trinajstić information content (AvgIpc) is 2.60. The molecule has 0 spiro atoms. The molecule has 2 rings (SSSR count). The molecule has 0 radical (unpaired) electrons. The van der Waals surface area contributed by atoms with E-state index in [1.54, 1.807) is 0 Å². The first-order chi connectivity index (χ1) is 13.0. The van der Waals surface area contributed by atoms with Gasteiger partial charge >= 0.3 is 5.97 Å². The number of hydrogen-bond donors (Lipinski definition) is 1. The number of aryl methyl sites for hydroxylation is 2. The van der Waals surface area contributed by atoms with E-state index in [0.29, 0.717) is 12.2 Å². The van der Waals surface area contributed by atoms with Gasteiger partial charge in [-0.3, -0.25) is 10.1 Å². The molecule has 0 fully saturated rings. The summed E-state index contributed by atoms with van der Waals surface area (Å²) in [5.41, 5.74) is 4.75. The quantitative estimate of drug-likeness (QED) is 0.415. The van der Waals surface area contributed by atoms with Gasteiger partial charge in [-0.15, -0.1) is 0 Å². The third-order valence-corrected chi connectivity index (χ3v) is 4.71. The van der Waals surface area contributed by atoms with Gasteiger partial charge in [0.15, 0.2) is 0 Å². The molecule has 0 aliphatic rings. The summed E-state index contributed by atoms with van der Waals surface area (Å²) in [7, 11) is 0. The second kappa shape index (κ2) is 8.42. The fourth-order valence-corrected chi connectivity index (χ4v) is 3.02. The average molecular weight is 384 g/mol. The second-order valence-corrected chi connectivity index (χ2v) is 7.93. The number of hydrogen-bond acceptors (Lipinski definition) is 5. The Balaban J connectivity index is 2.21. The number of nitro benzene ring substituents is 1. The number of anilines is 1. The molecule has 0 amide bonds. The third-order valence-electron chi connectivity index (χ3n) is 4.71. The predicted octanol–water partition coefficient (Wildman–Crippen LogP) is 5.30. The molecular formula is C22H28N2O4. The van der Waals surface area contributed by atoms with Gasteiger partial charge in [0.25, 0.3) is 5.69 Å². The summed E-state index contributed by atoms with van der Waals surface area (Å²) in [6.07, 6.45) is 0. The Labute approximate surface area is 166 Å². The number of nitrogens with one attached hydrogen (secondary N) is 1. The largest absolute Gasteiger partial charge is 0.457 e. The number of nitrogens with zero attached hydrogens (tertiary/aromatic N) is 1. The monoisotopic (exact) mass is 384 g/mol. The van der Waals surface area contributed by atoms with Gasteiger partial charge in [0, 0.05) is 12.6 Å². The van der Waals surface area contributed by atoms with E-state index in [1.165, 1.54) is 23.8 Å². The van der Waals surface area contributed by atoms with Crippen LogP contribution in [0, 0.1) is 24.0 Å². The maximum Gasteiger partial charge on any atom is 0.338 e. The number of esters is 1. The van der Waals surface area contributed by atoms with E-state index in [-0.39, 0.29) is 23.3 Å². The molecule has 6 nitrogen and oxygen atoms in total. The fourth-order valence-electron chi connectivity index (χ4n) is 3.02. The molecule has 6 heteroatoms. The molecule has 0 aromatic heterocycles. The Morgan fingerprint density at radius 2 is 1.75 bits per heavy atom. The number of ether oxygens (including phenoxy) is 1. The van der Waals surface area contributed by atoms with E-state index in [0.717, 1.165) is 16.7 Å². The first kappa shape index (κ1) is 21.4. The van der Waals surface area contributed by atoms with E-state index < -0.39 is 10.9 Å². The van der Waals surface area contributed by atoms with Crippen LogP contribution in [0.2, 0.25) is 0 Å². The van der Waals surface area contributed by atoms with Crippen LogP contribution in [0.3, 0.4) is 0 Å². The first-order valence-corrected chi connectivity index (χ1v) is 9.34. The van der Waals surface area contributed by atoms with Gasteiger partial charge in [-0.2, -0.15) is 0 Å². The lowest BCUT2D eigenvalue weighted by Crippen LogP contribution is -2.13. The smallest absolute Gasteiger partial charge is 0.338 e. The van der Waals surface area contributed by atoms with E-state index >= 15 is 0 Å². The molecule has 28 heavy (non-hydrogen) atoms. The van der Waals surface area contributed by atoms with Crippen molar-refractivity contribution in [3.05, 3.63) is 68.3 Å². The lowest BCUT2D eigenvalue weighted by atomic mass is 9.84. The van der Waals surface area contributed by atoms with Crippen LogP contribution < -0.4 is 5.32 Å². The van der Waals surface area contributed by atoms with Gasteiger partial charge in [-0.05, 0) is 60.6 Å². The molecule has 1 N–H and O–H groups in total. The van der Waals surface area contributed by atoms with Gasteiger partial charge in [-0.1, -0.05) is 32.9 Å². The van der Waals surface area contributed by atoms with Crippen molar-refractivity contribution in [2.75, 3.05) is 11.9 Å². The summed E-state index contributed by atoms with van der Waals surface area (Å²) in [6, 6.07) is 8.56. The standard InChI is InChI=1S/C22H28N2O4/c1-7-23-19-9-8-16(12-20(19)24(26)27)21(25)28-13-18-14(2)10-17(11-15(18)3)22(4,5)6/h8-12,23H,7,13H2,1-6H3. The Morgan fingerprint density at radius 1 is 1.14 bits per heavy atom. The lowest BCUT2D eigenvalue weighted by molar-refractivity contribution is -0.384. The number of carbonyl (C=O) groups is 1. The number of nitro groups is 1. The minimum atomic E-state index is -0.579. The highest BCUT2D eigenvalue weighted by molar-refractivity contribution is 5.91. The molecule has 0 heterocycles. The maximum absolute atomic E-state index is 12.4. The van der Waals surface area contributed by atoms with E-state index in [1.807, 2.05) is 20.8 Å².